The zero-order chi connectivity index (χ0) is 35.5. The number of unbranched alkanes of at least 4 members (excludes halogenated alkanes) is 1. The summed E-state index contributed by atoms with van der Waals surface area (Å²) in [5, 5.41) is 35.5. The average molecular weight is 676 g/mol. The minimum Gasteiger partial charge on any atom is -0.481 e. The molecule has 0 saturated carbocycles. The van der Waals surface area contributed by atoms with Crippen molar-refractivity contribution >= 4 is 41.2 Å². The number of rotatable bonds is 31. The number of aliphatic carboxylic acids is 2. The van der Waals surface area contributed by atoms with E-state index in [4.69, 9.17) is 19.3 Å². The average Bonchev–Trinajstić information content (AvgIpc) is 3.03. The summed E-state index contributed by atoms with van der Waals surface area (Å²) < 4.78 is 15.6. The van der Waals surface area contributed by atoms with Gasteiger partial charge >= 0.3 is 11.9 Å². The van der Waals surface area contributed by atoms with E-state index >= 15 is 0 Å². The number of aliphatic hydroxyl groups excluding tert-OH is 1. The lowest BCUT2D eigenvalue weighted by Crippen LogP contribution is -2.42. The van der Waals surface area contributed by atoms with Crippen molar-refractivity contribution in [2.24, 2.45) is 11.8 Å². The van der Waals surface area contributed by atoms with Crippen molar-refractivity contribution < 1.29 is 63.1 Å². The third-order valence-electron chi connectivity index (χ3n) is 7.03. The summed E-state index contributed by atoms with van der Waals surface area (Å²) in [6.45, 7) is 4.49. The number of carbonyl (C=O) groups is 7. The molecule has 0 saturated heterocycles. The van der Waals surface area contributed by atoms with Crippen LogP contribution in [0.15, 0.2) is 0 Å². The van der Waals surface area contributed by atoms with Crippen LogP contribution in [0.1, 0.15) is 78.1 Å². The van der Waals surface area contributed by atoms with Gasteiger partial charge in [0.2, 0.25) is 17.7 Å². The maximum Gasteiger partial charge on any atom is 0.326 e. The molecule has 16 heteroatoms. The van der Waals surface area contributed by atoms with E-state index in [2.05, 4.69) is 16.0 Å². The molecule has 3 atom stereocenters. The lowest BCUT2D eigenvalue weighted by Gasteiger charge is -2.16. The van der Waals surface area contributed by atoms with E-state index in [1.807, 2.05) is 13.8 Å². The molecule has 0 fully saturated rings. The van der Waals surface area contributed by atoms with Crippen molar-refractivity contribution in [2.45, 2.75) is 84.1 Å². The van der Waals surface area contributed by atoms with E-state index in [1.54, 1.807) is 0 Å². The van der Waals surface area contributed by atoms with Crippen LogP contribution in [0.4, 0.5) is 0 Å². The Hall–Kier alpha value is -3.47. The Morgan fingerprint density at radius 3 is 1.96 bits per heavy atom. The molecule has 0 heterocycles. The first-order valence-corrected chi connectivity index (χ1v) is 16.1. The number of ether oxygens (including phenoxy) is 3. The van der Waals surface area contributed by atoms with Crippen LogP contribution in [-0.4, -0.2) is 122 Å². The molecule has 47 heavy (non-hydrogen) atoms. The molecule has 0 bridgehead atoms. The second-order valence-electron chi connectivity index (χ2n) is 11.0. The molecular weight excluding hydrogens is 622 g/mol. The highest BCUT2D eigenvalue weighted by molar-refractivity contribution is 5.86. The van der Waals surface area contributed by atoms with Crippen LogP contribution >= 0.6 is 0 Å². The largest absolute Gasteiger partial charge is 0.481 e. The van der Waals surface area contributed by atoms with Crippen LogP contribution in [0.3, 0.4) is 0 Å². The number of carboxylic acids is 2. The normalized spacial score (nSPS) is 12.8. The minimum atomic E-state index is -1.36. The molecule has 0 aliphatic heterocycles. The van der Waals surface area contributed by atoms with E-state index in [0.29, 0.717) is 38.8 Å². The van der Waals surface area contributed by atoms with Crippen LogP contribution in [0, 0.1) is 11.8 Å². The van der Waals surface area contributed by atoms with Gasteiger partial charge in [-0.15, -0.1) is 0 Å². The van der Waals surface area contributed by atoms with E-state index in [-0.39, 0.29) is 89.3 Å². The Labute approximate surface area is 275 Å². The highest BCUT2D eigenvalue weighted by Crippen LogP contribution is 2.14. The number of Topliss-reactive ketones (excluding diaryl/α,β-unsaturated/α-hetero) is 2. The number of nitrogens with one attached hydrogen (secondary N) is 3. The molecule has 16 nitrogen and oxygen atoms in total. The van der Waals surface area contributed by atoms with Crippen molar-refractivity contribution in [1.29, 1.82) is 0 Å². The third-order valence-corrected chi connectivity index (χ3v) is 7.03. The molecule has 0 aliphatic rings. The summed E-state index contributed by atoms with van der Waals surface area (Å²) in [6.07, 6.45) is 2.03. The molecule has 270 valence electrons. The van der Waals surface area contributed by atoms with Crippen molar-refractivity contribution in [3.63, 3.8) is 0 Å². The summed E-state index contributed by atoms with van der Waals surface area (Å²) in [7, 11) is 0. The van der Waals surface area contributed by atoms with Crippen LogP contribution < -0.4 is 16.0 Å². The summed E-state index contributed by atoms with van der Waals surface area (Å²) in [6, 6.07) is -1.36. The molecule has 0 aromatic carbocycles. The standard InChI is InChI=1S/C31H53N3O13/c1-3-14-46-21-29(40)33-13-15-45-16-17-47-20-24(36)18-23(30(41)42)8-10-28(39)34-25(31(43)44)9-11-27(38)32-12-6-5-7-22(4-2)26(37)19-35/h22-23,25,35H,3-21H2,1-2H3,(H,32,38)(H,33,40)(H,34,39)(H,41,42)(H,43,44)/t22-,23+,25-/m0/s1. The van der Waals surface area contributed by atoms with Crippen molar-refractivity contribution in [3.8, 4) is 0 Å². The monoisotopic (exact) mass is 675 g/mol. The Balaban J connectivity index is 4.28. The summed E-state index contributed by atoms with van der Waals surface area (Å²) in [4.78, 5) is 83.0. The first-order chi connectivity index (χ1) is 22.4. The SMILES string of the molecule is CCCOCC(=O)NCCOCCOCC(=O)C[C@@H](CCC(=O)N[C@@H](CCC(=O)NCCCC[C@H](CC)C(=O)CO)C(=O)O)C(=O)O. The fourth-order valence-electron chi connectivity index (χ4n) is 4.33. The number of hydrogen-bond donors (Lipinski definition) is 6. The van der Waals surface area contributed by atoms with Crippen molar-refractivity contribution in [1.82, 2.24) is 16.0 Å². The van der Waals surface area contributed by atoms with Gasteiger partial charge < -0.3 is 45.5 Å². The van der Waals surface area contributed by atoms with Gasteiger partial charge in [0.25, 0.3) is 0 Å². The smallest absolute Gasteiger partial charge is 0.326 e. The van der Waals surface area contributed by atoms with Crippen LogP contribution in [0.5, 0.6) is 0 Å². The highest BCUT2D eigenvalue weighted by atomic mass is 16.5. The molecule has 0 spiro atoms. The predicted molar refractivity (Wildman–Crippen MR) is 167 cm³/mol. The van der Waals surface area contributed by atoms with Gasteiger partial charge in [-0.3, -0.25) is 28.8 Å². The number of amides is 3. The maximum atomic E-state index is 12.4. The Morgan fingerprint density at radius 2 is 1.32 bits per heavy atom. The van der Waals surface area contributed by atoms with Crippen LogP contribution in [-0.2, 0) is 47.8 Å². The molecule has 0 radical (unpaired) electrons. The molecule has 0 aromatic heterocycles. The van der Waals surface area contributed by atoms with Gasteiger partial charge in [-0.25, -0.2) is 4.79 Å². The van der Waals surface area contributed by atoms with E-state index in [0.717, 1.165) is 6.42 Å². The van der Waals surface area contributed by atoms with Crippen molar-refractivity contribution in [2.75, 3.05) is 59.3 Å². The number of carbonyl (C=O) groups excluding carboxylic acids is 5. The summed E-state index contributed by atoms with van der Waals surface area (Å²) in [5.41, 5.74) is 0. The molecular formula is C31H53N3O13. The zero-order valence-electron chi connectivity index (χ0n) is 27.6. The quantitative estimate of drug-likeness (QED) is 0.0540. The predicted octanol–water partition coefficient (Wildman–Crippen LogP) is 0.226. The van der Waals surface area contributed by atoms with Crippen LogP contribution in [0.2, 0.25) is 0 Å². The number of carboxylic acid groups (broad SMARTS) is 2. The second kappa shape index (κ2) is 27.6. The van der Waals surface area contributed by atoms with Gasteiger partial charge in [-0.1, -0.05) is 20.3 Å². The lowest BCUT2D eigenvalue weighted by atomic mass is 9.95. The topological polar surface area (TPSA) is 244 Å². The fourth-order valence-corrected chi connectivity index (χ4v) is 4.33. The van der Waals surface area contributed by atoms with Crippen molar-refractivity contribution in [3.05, 3.63) is 0 Å². The lowest BCUT2D eigenvalue weighted by molar-refractivity contribution is -0.145. The maximum absolute atomic E-state index is 12.4. The molecule has 0 unspecified atom stereocenters. The molecule has 3 amide bonds. The van der Waals surface area contributed by atoms with Crippen LogP contribution in [0.25, 0.3) is 0 Å². The Morgan fingerprint density at radius 1 is 0.660 bits per heavy atom. The number of ketones is 2. The second-order valence-corrected chi connectivity index (χ2v) is 11.0. The third kappa shape index (κ3) is 23.5. The molecule has 0 aliphatic carbocycles. The van der Waals surface area contributed by atoms with Gasteiger partial charge in [0.1, 0.15) is 25.9 Å². The van der Waals surface area contributed by atoms with Gasteiger partial charge in [0, 0.05) is 44.9 Å². The summed E-state index contributed by atoms with van der Waals surface area (Å²) in [5.74, 6) is -6.11. The highest BCUT2D eigenvalue weighted by Gasteiger charge is 2.25. The Kier molecular flexibility index (Phi) is 25.6. The van der Waals surface area contributed by atoms with E-state index in [1.165, 1.54) is 0 Å². The first-order valence-electron chi connectivity index (χ1n) is 16.1. The molecule has 0 aromatic rings. The van der Waals surface area contributed by atoms with Gasteiger partial charge in [-0.05, 0) is 38.5 Å². The summed E-state index contributed by atoms with van der Waals surface area (Å²) >= 11 is 0. The van der Waals surface area contributed by atoms with Gasteiger partial charge in [0.15, 0.2) is 11.6 Å². The minimum absolute atomic E-state index is 0.0220. The molecule has 0 rings (SSSR count). The van der Waals surface area contributed by atoms with Gasteiger partial charge in [0.05, 0.1) is 25.7 Å². The fraction of sp³-hybridized carbons (Fsp3) is 0.774. The Bertz CT molecular complexity index is 976. The van der Waals surface area contributed by atoms with E-state index in [9.17, 15) is 43.8 Å². The van der Waals surface area contributed by atoms with Gasteiger partial charge in [-0.2, -0.15) is 0 Å². The first kappa shape index (κ1) is 43.5. The zero-order valence-corrected chi connectivity index (χ0v) is 27.6. The number of aliphatic hydroxyl groups is 1. The number of hydrogen-bond acceptors (Lipinski definition) is 11. The van der Waals surface area contributed by atoms with E-state index < -0.39 is 48.1 Å². The molecule has 6 N–H and O–H groups in total.